The number of nitrogens with one attached hydrogen (secondary N) is 1. The van der Waals surface area contributed by atoms with Crippen molar-refractivity contribution >= 4 is 23.8 Å². The summed E-state index contributed by atoms with van der Waals surface area (Å²) in [6.07, 6.45) is 0.706. The van der Waals surface area contributed by atoms with Gasteiger partial charge in [-0.1, -0.05) is 38.4 Å². The zero-order chi connectivity index (χ0) is 13.1. The van der Waals surface area contributed by atoms with Crippen LogP contribution in [0.2, 0.25) is 5.02 Å². The monoisotopic (exact) mass is 253 g/mol. The molecule has 0 heterocycles. The summed E-state index contributed by atoms with van der Waals surface area (Å²) >= 11 is 5.81. The topological polar surface area (TPSA) is 46.2 Å². The molecule has 3 nitrogen and oxygen atoms in total. The minimum atomic E-state index is -0.417. The molecule has 0 radical (unpaired) electrons. The average molecular weight is 254 g/mol. The highest BCUT2D eigenvalue weighted by Crippen LogP contribution is 2.17. The van der Waals surface area contributed by atoms with E-state index in [-0.39, 0.29) is 5.91 Å². The molecule has 92 valence electrons. The fourth-order valence-corrected chi connectivity index (χ4v) is 1.40. The molecule has 0 saturated carbocycles. The van der Waals surface area contributed by atoms with Crippen LogP contribution in [0.1, 0.15) is 36.7 Å². The molecule has 1 aromatic carbocycles. The fourth-order valence-electron chi connectivity index (χ4n) is 1.24. The van der Waals surface area contributed by atoms with Crippen molar-refractivity contribution in [1.82, 2.24) is 5.32 Å². The Morgan fingerprint density at radius 3 is 2.59 bits per heavy atom. The minimum Gasteiger partial charge on any atom is -0.352 e. The Hall–Kier alpha value is -1.35. The molecule has 0 aliphatic rings. The van der Waals surface area contributed by atoms with Crippen LogP contribution in [0.3, 0.4) is 0 Å². The van der Waals surface area contributed by atoms with E-state index < -0.39 is 5.41 Å². The first-order chi connectivity index (χ1) is 7.84. The molecule has 0 unspecified atom stereocenters. The Morgan fingerprint density at radius 2 is 2.06 bits per heavy atom. The highest BCUT2D eigenvalue weighted by atomic mass is 35.5. The van der Waals surface area contributed by atoms with Gasteiger partial charge in [0.05, 0.1) is 5.02 Å². The van der Waals surface area contributed by atoms with Gasteiger partial charge in [0.2, 0.25) is 5.91 Å². The molecule has 0 spiro atoms. The van der Waals surface area contributed by atoms with Crippen LogP contribution in [-0.2, 0) is 11.3 Å². The van der Waals surface area contributed by atoms with Gasteiger partial charge in [0.15, 0.2) is 6.29 Å². The van der Waals surface area contributed by atoms with Crippen molar-refractivity contribution in [1.29, 1.82) is 0 Å². The van der Waals surface area contributed by atoms with Crippen molar-refractivity contribution in [3.63, 3.8) is 0 Å². The van der Waals surface area contributed by atoms with Crippen LogP contribution in [0, 0.1) is 5.41 Å². The second kappa shape index (κ2) is 5.32. The molecule has 0 aliphatic carbocycles. The van der Waals surface area contributed by atoms with Crippen molar-refractivity contribution in [2.75, 3.05) is 0 Å². The van der Waals surface area contributed by atoms with Crippen molar-refractivity contribution in [2.45, 2.75) is 27.3 Å². The Bertz CT molecular complexity index is 436. The molecule has 0 saturated heterocycles. The van der Waals surface area contributed by atoms with Gasteiger partial charge in [0, 0.05) is 17.5 Å². The Balaban J connectivity index is 2.71. The predicted molar refractivity (Wildman–Crippen MR) is 68.1 cm³/mol. The van der Waals surface area contributed by atoms with E-state index in [0.29, 0.717) is 23.4 Å². The number of hydrogen-bond donors (Lipinski definition) is 1. The molecule has 0 atom stereocenters. The van der Waals surface area contributed by atoms with Crippen LogP contribution in [0.5, 0.6) is 0 Å². The summed E-state index contributed by atoms with van der Waals surface area (Å²) in [7, 11) is 0. The molecule has 0 aliphatic heterocycles. The van der Waals surface area contributed by atoms with Crippen molar-refractivity contribution in [2.24, 2.45) is 5.41 Å². The van der Waals surface area contributed by atoms with Crippen molar-refractivity contribution < 1.29 is 9.59 Å². The lowest BCUT2D eigenvalue weighted by atomic mass is 9.95. The molecule has 1 amide bonds. The summed E-state index contributed by atoms with van der Waals surface area (Å²) in [5.41, 5.74) is 0.878. The fraction of sp³-hybridized carbons (Fsp3) is 0.385. The van der Waals surface area contributed by atoms with Gasteiger partial charge in [-0.2, -0.15) is 0 Å². The second-order valence-electron chi connectivity index (χ2n) is 4.91. The van der Waals surface area contributed by atoms with Gasteiger partial charge < -0.3 is 5.32 Å². The van der Waals surface area contributed by atoms with E-state index in [1.54, 1.807) is 18.2 Å². The number of aldehydes is 1. The van der Waals surface area contributed by atoms with Gasteiger partial charge in [-0.25, -0.2) is 0 Å². The summed E-state index contributed by atoms with van der Waals surface area (Å²) in [5, 5.41) is 3.23. The standard InChI is InChI=1S/C13H16ClNO2/c1-13(2,3)12(17)15-7-9-4-5-11(14)10(6-9)8-16/h4-6,8H,7H2,1-3H3,(H,15,17). The van der Waals surface area contributed by atoms with E-state index >= 15 is 0 Å². The SMILES string of the molecule is CC(C)(C)C(=O)NCc1ccc(Cl)c(C=O)c1. The molecule has 1 N–H and O–H groups in total. The zero-order valence-electron chi connectivity index (χ0n) is 10.2. The van der Waals surface area contributed by atoms with Crippen molar-refractivity contribution in [3.05, 3.63) is 34.3 Å². The van der Waals surface area contributed by atoms with Crippen LogP contribution in [0.4, 0.5) is 0 Å². The van der Waals surface area contributed by atoms with Gasteiger partial charge in [-0.3, -0.25) is 9.59 Å². The smallest absolute Gasteiger partial charge is 0.225 e. The molecule has 0 bridgehead atoms. The number of carbonyl (C=O) groups is 2. The highest BCUT2D eigenvalue weighted by Gasteiger charge is 2.20. The van der Waals surface area contributed by atoms with Crippen LogP contribution < -0.4 is 5.32 Å². The highest BCUT2D eigenvalue weighted by molar-refractivity contribution is 6.32. The lowest BCUT2D eigenvalue weighted by Crippen LogP contribution is -2.34. The Kier molecular flexibility index (Phi) is 4.29. The predicted octanol–water partition coefficient (Wildman–Crippen LogP) is 2.81. The van der Waals surface area contributed by atoms with Crippen LogP contribution in [0.25, 0.3) is 0 Å². The first-order valence-electron chi connectivity index (χ1n) is 5.36. The number of rotatable bonds is 3. The maximum absolute atomic E-state index is 11.7. The number of carbonyl (C=O) groups excluding carboxylic acids is 2. The van der Waals surface area contributed by atoms with E-state index in [1.807, 2.05) is 20.8 Å². The molecule has 0 aromatic heterocycles. The largest absolute Gasteiger partial charge is 0.352 e. The number of amides is 1. The lowest BCUT2D eigenvalue weighted by molar-refractivity contribution is -0.128. The summed E-state index contributed by atoms with van der Waals surface area (Å²) in [6, 6.07) is 5.13. The number of benzene rings is 1. The maximum atomic E-state index is 11.7. The first-order valence-corrected chi connectivity index (χ1v) is 5.74. The number of halogens is 1. The van der Waals surface area contributed by atoms with Gasteiger partial charge >= 0.3 is 0 Å². The van der Waals surface area contributed by atoms with Crippen LogP contribution in [0.15, 0.2) is 18.2 Å². The van der Waals surface area contributed by atoms with E-state index in [2.05, 4.69) is 5.32 Å². The summed E-state index contributed by atoms with van der Waals surface area (Å²) in [5.74, 6) is -0.0277. The summed E-state index contributed by atoms with van der Waals surface area (Å²) < 4.78 is 0. The Labute approximate surface area is 106 Å². The molecular weight excluding hydrogens is 238 g/mol. The normalized spacial score (nSPS) is 11.1. The van der Waals surface area contributed by atoms with Crippen LogP contribution >= 0.6 is 11.6 Å². The average Bonchev–Trinajstić information content (AvgIpc) is 2.26. The third kappa shape index (κ3) is 3.86. The van der Waals surface area contributed by atoms with E-state index in [4.69, 9.17) is 11.6 Å². The summed E-state index contributed by atoms with van der Waals surface area (Å²) in [6.45, 7) is 5.94. The molecule has 1 aromatic rings. The molecule has 17 heavy (non-hydrogen) atoms. The minimum absolute atomic E-state index is 0.0277. The third-order valence-electron chi connectivity index (χ3n) is 2.32. The van der Waals surface area contributed by atoms with Crippen molar-refractivity contribution in [3.8, 4) is 0 Å². The molecule has 4 heteroatoms. The number of hydrogen-bond acceptors (Lipinski definition) is 2. The van der Waals surface area contributed by atoms with E-state index in [0.717, 1.165) is 5.56 Å². The van der Waals surface area contributed by atoms with E-state index in [9.17, 15) is 9.59 Å². The third-order valence-corrected chi connectivity index (χ3v) is 2.67. The lowest BCUT2D eigenvalue weighted by Gasteiger charge is -2.17. The van der Waals surface area contributed by atoms with Crippen LogP contribution in [-0.4, -0.2) is 12.2 Å². The van der Waals surface area contributed by atoms with Gasteiger partial charge in [-0.15, -0.1) is 0 Å². The summed E-state index contributed by atoms with van der Waals surface area (Å²) in [4.78, 5) is 22.4. The first kappa shape index (κ1) is 13.7. The molecule has 1 rings (SSSR count). The molecular formula is C13H16ClNO2. The maximum Gasteiger partial charge on any atom is 0.225 e. The van der Waals surface area contributed by atoms with Gasteiger partial charge in [-0.05, 0) is 17.7 Å². The quantitative estimate of drug-likeness (QED) is 0.842. The second-order valence-corrected chi connectivity index (χ2v) is 5.31. The zero-order valence-corrected chi connectivity index (χ0v) is 11.0. The Morgan fingerprint density at radius 1 is 1.41 bits per heavy atom. The van der Waals surface area contributed by atoms with Gasteiger partial charge in [0.1, 0.15) is 0 Å². The van der Waals surface area contributed by atoms with Gasteiger partial charge in [0.25, 0.3) is 0 Å². The molecule has 0 fully saturated rings. The van der Waals surface area contributed by atoms with E-state index in [1.165, 1.54) is 0 Å².